The first-order valence-corrected chi connectivity index (χ1v) is 4.63. The molecule has 1 rings (SSSR count). The van der Waals surface area contributed by atoms with Gasteiger partial charge in [0, 0.05) is 12.7 Å². The fourth-order valence-corrected chi connectivity index (χ4v) is 1.03. The van der Waals surface area contributed by atoms with Gasteiger partial charge >= 0.3 is 0 Å². The first-order chi connectivity index (χ1) is 6.75. The number of carbonyl (C=O) groups is 1. The molecule has 0 bridgehead atoms. The molecule has 0 aliphatic rings. The molecule has 4 heteroatoms. The molecule has 1 N–H and O–H groups in total. The number of unbranched alkanes of at least 4 members (excludes halogenated alkanes) is 1. The molecule has 0 radical (unpaired) electrons. The van der Waals surface area contributed by atoms with Crippen LogP contribution in [0, 0.1) is 5.82 Å². The monoisotopic (exact) mass is 196 g/mol. The molecule has 0 unspecified atom stereocenters. The smallest absolute Gasteiger partial charge is 0.254 e. The number of hydrogen-bond acceptors (Lipinski definition) is 2. The van der Waals surface area contributed by atoms with Gasteiger partial charge in [-0.05, 0) is 12.5 Å². The van der Waals surface area contributed by atoms with Crippen LogP contribution in [0.5, 0.6) is 0 Å². The highest BCUT2D eigenvalue weighted by Gasteiger charge is 2.09. The van der Waals surface area contributed by atoms with E-state index in [2.05, 4.69) is 10.3 Å². The van der Waals surface area contributed by atoms with E-state index in [9.17, 15) is 9.18 Å². The average molecular weight is 196 g/mol. The quantitative estimate of drug-likeness (QED) is 0.745. The highest BCUT2D eigenvalue weighted by molar-refractivity contribution is 5.94. The lowest BCUT2D eigenvalue weighted by atomic mass is 10.2. The summed E-state index contributed by atoms with van der Waals surface area (Å²) in [4.78, 5) is 14.9. The van der Waals surface area contributed by atoms with Crippen molar-refractivity contribution < 1.29 is 9.18 Å². The van der Waals surface area contributed by atoms with Crippen LogP contribution >= 0.6 is 0 Å². The number of hydrogen-bond donors (Lipinski definition) is 1. The number of nitrogens with one attached hydrogen (secondary N) is 1. The summed E-state index contributed by atoms with van der Waals surface area (Å²) in [6, 6.07) is 1.37. The summed E-state index contributed by atoms with van der Waals surface area (Å²) in [5.41, 5.74) is 0.0519. The molecule has 0 spiro atoms. The van der Waals surface area contributed by atoms with E-state index in [4.69, 9.17) is 0 Å². The van der Waals surface area contributed by atoms with Gasteiger partial charge in [0.1, 0.15) is 0 Å². The van der Waals surface area contributed by atoms with Gasteiger partial charge in [0.15, 0.2) is 5.82 Å². The van der Waals surface area contributed by atoms with Crippen LogP contribution in [0.1, 0.15) is 30.1 Å². The van der Waals surface area contributed by atoms with Crippen LogP contribution in [-0.2, 0) is 0 Å². The number of carbonyl (C=O) groups excluding carboxylic acids is 1. The third-order valence-corrected chi connectivity index (χ3v) is 1.83. The molecule has 1 amide bonds. The number of rotatable bonds is 4. The molecule has 0 aliphatic heterocycles. The van der Waals surface area contributed by atoms with E-state index < -0.39 is 5.82 Å². The Bertz CT molecular complexity index is 315. The Kier molecular flexibility index (Phi) is 4.04. The minimum Gasteiger partial charge on any atom is -0.352 e. The molecule has 14 heavy (non-hydrogen) atoms. The third-order valence-electron chi connectivity index (χ3n) is 1.83. The fraction of sp³-hybridized carbons (Fsp3) is 0.400. The van der Waals surface area contributed by atoms with Crippen molar-refractivity contribution in [2.45, 2.75) is 19.8 Å². The van der Waals surface area contributed by atoms with Crippen molar-refractivity contribution in [3.63, 3.8) is 0 Å². The Morgan fingerprint density at radius 1 is 1.64 bits per heavy atom. The van der Waals surface area contributed by atoms with Crippen LogP contribution < -0.4 is 5.32 Å². The van der Waals surface area contributed by atoms with Gasteiger partial charge in [-0.2, -0.15) is 0 Å². The van der Waals surface area contributed by atoms with Gasteiger partial charge in [0.05, 0.1) is 11.8 Å². The second-order valence-electron chi connectivity index (χ2n) is 2.96. The molecular weight excluding hydrogens is 183 g/mol. The van der Waals surface area contributed by atoms with Crippen molar-refractivity contribution in [2.24, 2.45) is 0 Å². The molecule has 1 aromatic rings. The van der Waals surface area contributed by atoms with Gasteiger partial charge in [-0.3, -0.25) is 9.78 Å². The van der Waals surface area contributed by atoms with Crippen molar-refractivity contribution in [1.82, 2.24) is 10.3 Å². The summed E-state index contributed by atoms with van der Waals surface area (Å²) >= 11 is 0. The summed E-state index contributed by atoms with van der Waals surface area (Å²) in [6.07, 6.45) is 4.34. The summed E-state index contributed by atoms with van der Waals surface area (Å²) in [5, 5.41) is 2.63. The fourth-order valence-electron chi connectivity index (χ4n) is 1.03. The van der Waals surface area contributed by atoms with Crippen molar-refractivity contribution in [3.8, 4) is 0 Å². The van der Waals surface area contributed by atoms with Crippen molar-refractivity contribution in [2.75, 3.05) is 6.54 Å². The SMILES string of the molecule is CCCCNC(=O)c1ccncc1F. The molecule has 1 heterocycles. The maximum absolute atomic E-state index is 13.0. The van der Waals surface area contributed by atoms with Gasteiger partial charge in [-0.1, -0.05) is 13.3 Å². The molecule has 1 aromatic heterocycles. The zero-order chi connectivity index (χ0) is 10.4. The van der Waals surface area contributed by atoms with Crippen LogP contribution in [0.3, 0.4) is 0 Å². The topological polar surface area (TPSA) is 42.0 Å². The van der Waals surface area contributed by atoms with Gasteiger partial charge in [0.2, 0.25) is 0 Å². The minimum absolute atomic E-state index is 0.0519. The van der Waals surface area contributed by atoms with Crippen LogP contribution in [0.15, 0.2) is 18.5 Å². The van der Waals surface area contributed by atoms with Crippen LogP contribution in [-0.4, -0.2) is 17.4 Å². The third kappa shape index (κ3) is 2.80. The van der Waals surface area contributed by atoms with Crippen LogP contribution in [0.2, 0.25) is 0 Å². The van der Waals surface area contributed by atoms with E-state index in [1.54, 1.807) is 0 Å². The Balaban J connectivity index is 2.56. The zero-order valence-corrected chi connectivity index (χ0v) is 8.09. The molecule has 0 saturated carbocycles. The second kappa shape index (κ2) is 5.32. The van der Waals surface area contributed by atoms with E-state index in [-0.39, 0.29) is 11.5 Å². The van der Waals surface area contributed by atoms with Gasteiger partial charge < -0.3 is 5.32 Å². The van der Waals surface area contributed by atoms with Crippen LogP contribution in [0.25, 0.3) is 0 Å². The lowest BCUT2D eigenvalue weighted by Gasteiger charge is -2.04. The van der Waals surface area contributed by atoms with Gasteiger partial charge in [-0.15, -0.1) is 0 Å². The van der Waals surface area contributed by atoms with Gasteiger partial charge in [-0.25, -0.2) is 4.39 Å². The van der Waals surface area contributed by atoms with E-state index in [0.717, 1.165) is 19.0 Å². The number of nitrogens with zero attached hydrogens (tertiary/aromatic N) is 1. The maximum Gasteiger partial charge on any atom is 0.254 e. The lowest BCUT2D eigenvalue weighted by molar-refractivity contribution is 0.0949. The highest BCUT2D eigenvalue weighted by atomic mass is 19.1. The number of pyridine rings is 1. The average Bonchev–Trinajstić information content (AvgIpc) is 2.18. The predicted molar refractivity (Wildman–Crippen MR) is 51.4 cm³/mol. The van der Waals surface area contributed by atoms with Crippen molar-refractivity contribution in [1.29, 1.82) is 0 Å². The maximum atomic E-state index is 13.0. The molecule has 0 fully saturated rings. The van der Waals surface area contributed by atoms with Crippen molar-refractivity contribution in [3.05, 3.63) is 29.8 Å². The minimum atomic E-state index is -0.582. The van der Waals surface area contributed by atoms with Crippen LogP contribution in [0.4, 0.5) is 4.39 Å². The first-order valence-electron chi connectivity index (χ1n) is 4.63. The zero-order valence-electron chi connectivity index (χ0n) is 8.09. The summed E-state index contributed by atoms with van der Waals surface area (Å²) in [5.74, 6) is -0.958. The van der Waals surface area contributed by atoms with E-state index in [1.165, 1.54) is 12.3 Å². The van der Waals surface area contributed by atoms with Crippen molar-refractivity contribution >= 4 is 5.91 Å². The Morgan fingerprint density at radius 3 is 3.07 bits per heavy atom. The molecular formula is C10H13FN2O. The van der Waals surface area contributed by atoms with Gasteiger partial charge in [0.25, 0.3) is 5.91 Å². The predicted octanol–water partition coefficient (Wildman–Crippen LogP) is 1.75. The highest BCUT2D eigenvalue weighted by Crippen LogP contribution is 2.03. The number of halogens is 1. The summed E-state index contributed by atoms with van der Waals surface area (Å²) in [7, 11) is 0. The second-order valence-corrected chi connectivity index (χ2v) is 2.96. The molecule has 0 saturated heterocycles. The lowest BCUT2D eigenvalue weighted by Crippen LogP contribution is -2.25. The van der Waals surface area contributed by atoms with E-state index in [0.29, 0.717) is 6.54 Å². The molecule has 0 aromatic carbocycles. The van der Waals surface area contributed by atoms with E-state index in [1.807, 2.05) is 6.92 Å². The first kappa shape index (κ1) is 10.6. The Hall–Kier alpha value is -1.45. The Labute approximate surface area is 82.4 Å². The number of amides is 1. The molecule has 0 aliphatic carbocycles. The number of aromatic nitrogens is 1. The standard InChI is InChI=1S/C10H13FN2O/c1-2-3-5-13-10(14)8-4-6-12-7-9(8)11/h4,6-7H,2-3,5H2,1H3,(H,13,14). The normalized spacial score (nSPS) is 9.86. The summed E-state index contributed by atoms with van der Waals surface area (Å²) < 4.78 is 13.0. The summed E-state index contributed by atoms with van der Waals surface area (Å²) in [6.45, 7) is 2.61. The largest absolute Gasteiger partial charge is 0.352 e. The molecule has 0 atom stereocenters. The molecule has 76 valence electrons. The van der Waals surface area contributed by atoms with E-state index >= 15 is 0 Å². The molecule has 3 nitrogen and oxygen atoms in total. The Morgan fingerprint density at radius 2 is 2.43 bits per heavy atom.